The minimum absolute atomic E-state index is 0.0248. The SMILES string of the molecule is CN(C)C(CNC(=O)CCCCC(=O)O)c1ccccc1. The Kier molecular flexibility index (Phi) is 7.46. The Hall–Kier alpha value is -1.88. The van der Waals surface area contributed by atoms with Gasteiger partial charge in [-0.3, -0.25) is 9.59 Å². The van der Waals surface area contributed by atoms with Crippen molar-refractivity contribution in [1.29, 1.82) is 0 Å². The van der Waals surface area contributed by atoms with E-state index < -0.39 is 5.97 Å². The van der Waals surface area contributed by atoms with Gasteiger partial charge in [0.1, 0.15) is 0 Å². The summed E-state index contributed by atoms with van der Waals surface area (Å²) in [6, 6.07) is 10.2. The van der Waals surface area contributed by atoms with Crippen LogP contribution >= 0.6 is 0 Å². The molecule has 0 aliphatic rings. The van der Waals surface area contributed by atoms with E-state index in [1.165, 1.54) is 0 Å². The summed E-state index contributed by atoms with van der Waals surface area (Å²) in [4.78, 5) is 24.2. The predicted molar refractivity (Wildman–Crippen MR) is 82.0 cm³/mol. The molecule has 0 aliphatic heterocycles. The summed E-state index contributed by atoms with van der Waals surface area (Å²) in [6.45, 7) is 0.550. The number of carbonyl (C=O) groups is 2. The highest BCUT2D eigenvalue weighted by molar-refractivity contribution is 5.76. The lowest BCUT2D eigenvalue weighted by molar-refractivity contribution is -0.137. The van der Waals surface area contributed by atoms with E-state index in [9.17, 15) is 9.59 Å². The van der Waals surface area contributed by atoms with Crippen molar-refractivity contribution in [2.75, 3.05) is 20.6 Å². The van der Waals surface area contributed by atoms with E-state index in [0.29, 0.717) is 25.8 Å². The summed E-state index contributed by atoms with van der Waals surface area (Å²) in [6.07, 6.45) is 1.65. The maximum Gasteiger partial charge on any atom is 0.303 e. The molecule has 0 aliphatic carbocycles. The molecule has 5 heteroatoms. The van der Waals surface area contributed by atoms with Gasteiger partial charge in [0.15, 0.2) is 0 Å². The molecule has 1 amide bonds. The average Bonchev–Trinajstić information content (AvgIpc) is 2.44. The van der Waals surface area contributed by atoms with Crippen molar-refractivity contribution in [2.24, 2.45) is 0 Å². The highest BCUT2D eigenvalue weighted by Crippen LogP contribution is 2.16. The van der Waals surface area contributed by atoms with Crippen LogP contribution in [0.4, 0.5) is 0 Å². The molecule has 0 heterocycles. The number of hydrogen-bond donors (Lipinski definition) is 2. The Morgan fingerprint density at radius 3 is 2.33 bits per heavy atom. The number of carboxylic acid groups (broad SMARTS) is 1. The molecule has 1 aromatic carbocycles. The molecule has 1 unspecified atom stereocenters. The Morgan fingerprint density at radius 1 is 1.14 bits per heavy atom. The molecule has 0 radical (unpaired) electrons. The first kappa shape index (κ1) is 17.2. The van der Waals surface area contributed by atoms with E-state index in [4.69, 9.17) is 5.11 Å². The van der Waals surface area contributed by atoms with Crippen LogP contribution in [-0.2, 0) is 9.59 Å². The van der Waals surface area contributed by atoms with Gasteiger partial charge in [0.25, 0.3) is 0 Å². The molecule has 1 rings (SSSR count). The van der Waals surface area contributed by atoms with Gasteiger partial charge in [-0.1, -0.05) is 30.3 Å². The zero-order valence-electron chi connectivity index (χ0n) is 12.7. The third-order valence-corrected chi connectivity index (χ3v) is 3.34. The van der Waals surface area contributed by atoms with Crippen LogP contribution in [0, 0.1) is 0 Å². The lowest BCUT2D eigenvalue weighted by atomic mass is 10.1. The van der Waals surface area contributed by atoms with Crippen LogP contribution in [0.3, 0.4) is 0 Å². The van der Waals surface area contributed by atoms with Gasteiger partial charge in [0.05, 0.1) is 6.04 Å². The van der Waals surface area contributed by atoms with Crippen LogP contribution in [0.15, 0.2) is 30.3 Å². The molecule has 21 heavy (non-hydrogen) atoms. The molecule has 0 spiro atoms. The Bertz CT molecular complexity index is 446. The van der Waals surface area contributed by atoms with Crippen molar-refractivity contribution in [3.05, 3.63) is 35.9 Å². The van der Waals surface area contributed by atoms with Crippen molar-refractivity contribution in [2.45, 2.75) is 31.7 Å². The standard InChI is InChI=1S/C16H24N2O3/c1-18(2)14(13-8-4-3-5-9-13)12-17-15(19)10-6-7-11-16(20)21/h3-5,8-9,14H,6-7,10-12H2,1-2H3,(H,17,19)(H,20,21). The molecule has 116 valence electrons. The van der Waals surface area contributed by atoms with E-state index in [1.807, 2.05) is 44.4 Å². The molecule has 0 aromatic heterocycles. The Balaban J connectivity index is 2.37. The average molecular weight is 292 g/mol. The molecule has 2 N–H and O–H groups in total. The fourth-order valence-electron chi connectivity index (χ4n) is 2.13. The van der Waals surface area contributed by atoms with E-state index in [2.05, 4.69) is 10.2 Å². The number of nitrogens with zero attached hydrogens (tertiary/aromatic N) is 1. The van der Waals surface area contributed by atoms with E-state index in [0.717, 1.165) is 5.56 Å². The first-order chi connectivity index (χ1) is 10.0. The second-order valence-corrected chi connectivity index (χ2v) is 5.30. The van der Waals surface area contributed by atoms with Gasteiger partial charge >= 0.3 is 5.97 Å². The van der Waals surface area contributed by atoms with E-state index >= 15 is 0 Å². The first-order valence-electron chi connectivity index (χ1n) is 7.20. The number of benzene rings is 1. The quantitative estimate of drug-likeness (QED) is 0.683. The van der Waals surface area contributed by atoms with Crippen molar-refractivity contribution in [3.8, 4) is 0 Å². The molecule has 1 atom stereocenters. The zero-order chi connectivity index (χ0) is 15.7. The van der Waals surface area contributed by atoms with Crippen LogP contribution in [0.25, 0.3) is 0 Å². The van der Waals surface area contributed by atoms with E-state index in [1.54, 1.807) is 0 Å². The third kappa shape index (κ3) is 6.90. The van der Waals surface area contributed by atoms with Gasteiger partial charge in [0, 0.05) is 19.4 Å². The lowest BCUT2D eigenvalue weighted by Crippen LogP contribution is -2.34. The fourth-order valence-corrected chi connectivity index (χ4v) is 2.13. The molecular formula is C16H24N2O3. The van der Waals surface area contributed by atoms with Gasteiger partial charge in [-0.15, -0.1) is 0 Å². The second kappa shape index (κ2) is 9.13. The molecular weight excluding hydrogens is 268 g/mol. The number of likely N-dealkylation sites (N-methyl/N-ethyl adjacent to an activating group) is 1. The third-order valence-electron chi connectivity index (χ3n) is 3.34. The molecule has 5 nitrogen and oxygen atoms in total. The Labute approximate surface area is 126 Å². The number of rotatable bonds is 9. The first-order valence-corrected chi connectivity index (χ1v) is 7.20. The normalized spacial score (nSPS) is 12.1. The summed E-state index contributed by atoms with van der Waals surface area (Å²) >= 11 is 0. The van der Waals surface area contributed by atoms with Gasteiger partial charge in [-0.2, -0.15) is 0 Å². The molecule has 0 fully saturated rings. The Morgan fingerprint density at radius 2 is 1.76 bits per heavy atom. The minimum atomic E-state index is -0.813. The van der Waals surface area contributed by atoms with Gasteiger partial charge < -0.3 is 15.3 Å². The summed E-state index contributed by atoms with van der Waals surface area (Å²) in [5, 5.41) is 11.5. The van der Waals surface area contributed by atoms with Crippen LogP contribution in [0.5, 0.6) is 0 Å². The number of unbranched alkanes of at least 4 members (excludes halogenated alkanes) is 1. The maximum absolute atomic E-state index is 11.8. The predicted octanol–water partition coefficient (Wildman–Crippen LogP) is 2.05. The monoisotopic (exact) mass is 292 g/mol. The number of hydrogen-bond acceptors (Lipinski definition) is 3. The minimum Gasteiger partial charge on any atom is -0.481 e. The highest BCUT2D eigenvalue weighted by atomic mass is 16.4. The summed E-state index contributed by atoms with van der Waals surface area (Å²) in [7, 11) is 3.97. The maximum atomic E-state index is 11.8. The molecule has 0 saturated carbocycles. The summed E-state index contributed by atoms with van der Waals surface area (Å²) < 4.78 is 0. The van der Waals surface area contributed by atoms with Crippen LogP contribution in [0.2, 0.25) is 0 Å². The van der Waals surface area contributed by atoms with Crippen molar-refractivity contribution < 1.29 is 14.7 Å². The molecule has 1 aromatic rings. The number of amides is 1. The van der Waals surface area contributed by atoms with Crippen LogP contribution in [-0.4, -0.2) is 42.5 Å². The number of nitrogens with one attached hydrogen (secondary N) is 1. The second-order valence-electron chi connectivity index (χ2n) is 5.30. The molecule has 0 bridgehead atoms. The smallest absolute Gasteiger partial charge is 0.303 e. The number of carbonyl (C=O) groups excluding carboxylic acids is 1. The number of aliphatic carboxylic acids is 1. The van der Waals surface area contributed by atoms with E-state index in [-0.39, 0.29) is 18.4 Å². The topological polar surface area (TPSA) is 69.6 Å². The fraction of sp³-hybridized carbons (Fsp3) is 0.500. The van der Waals surface area contributed by atoms with Crippen LogP contribution in [0.1, 0.15) is 37.3 Å². The van der Waals surface area contributed by atoms with Crippen LogP contribution < -0.4 is 5.32 Å². The van der Waals surface area contributed by atoms with Crippen molar-refractivity contribution in [3.63, 3.8) is 0 Å². The van der Waals surface area contributed by atoms with Crippen molar-refractivity contribution in [1.82, 2.24) is 10.2 Å². The lowest BCUT2D eigenvalue weighted by Gasteiger charge is -2.25. The van der Waals surface area contributed by atoms with Gasteiger partial charge in [-0.05, 0) is 32.5 Å². The zero-order valence-corrected chi connectivity index (χ0v) is 12.7. The van der Waals surface area contributed by atoms with Gasteiger partial charge in [0.2, 0.25) is 5.91 Å². The summed E-state index contributed by atoms with van der Waals surface area (Å²) in [5.74, 6) is -0.838. The van der Waals surface area contributed by atoms with Gasteiger partial charge in [-0.25, -0.2) is 0 Å². The number of carboxylic acids is 1. The highest BCUT2D eigenvalue weighted by Gasteiger charge is 2.14. The summed E-state index contributed by atoms with van der Waals surface area (Å²) in [5.41, 5.74) is 1.16. The largest absolute Gasteiger partial charge is 0.481 e. The molecule has 0 saturated heterocycles. The van der Waals surface area contributed by atoms with Crippen molar-refractivity contribution >= 4 is 11.9 Å².